The summed E-state index contributed by atoms with van der Waals surface area (Å²) in [5.74, 6) is 0.212. The number of carbonyl (C=O) groups excluding carboxylic acids is 1. The number of nitrogens with one attached hydrogen (secondary N) is 1. The average Bonchev–Trinajstić information content (AvgIpc) is 2.63. The van der Waals surface area contributed by atoms with Crippen LogP contribution < -0.4 is 10.1 Å². The predicted molar refractivity (Wildman–Crippen MR) is 101 cm³/mol. The van der Waals surface area contributed by atoms with Crippen LogP contribution in [0.5, 0.6) is 5.75 Å². The van der Waals surface area contributed by atoms with Crippen LogP contribution in [0, 0.1) is 17.0 Å². The molecule has 1 unspecified atom stereocenters. The molecule has 0 aromatic heterocycles. The molecule has 6 nitrogen and oxygen atoms in total. The molecule has 3 aromatic rings. The number of nitro groups is 1. The molecule has 1 amide bonds. The van der Waals surface area contributed by atoms with E-state index in [9.17, 15) is 14.9 Å². The second-order valence-electron chi connectivity index (χ2n) is 5.97. The fraction of sp³-hybridized carbons (Fsp3) is 0.150. The number of ether oxygens (including phenoxy) is 1. The summed E-state index contributed by atoms with van der Waals surface area (Å²) in [6.45, 7) is 3.24. The number of amides is 1. The average molecular weight is 350 g/mol. The van der Waals surface area contributed by atoms with Crippen LogP contribution in [0.4, 0.5) is 11.4 Å². The van der Waals surface area contributed by atoms with Gasteiger partial charge >= 0.3 is 0 Å². The number of rotatable bonds is 5. The Labute approximate surface area is 150 Å². The highest BCUT2D eigenvalue weighted by atomic mass is 16.6. The smallest absolute Gasteiger partial charge is 0.274 e. The zero-order chi connectivity index (χ0) is 18.7. The zero-order valence-electron chi connectivity index (χ0n) is 14.4. The maximum absolute atomic E-state index is 12.4. The van der Waals surface area contributed by atoms with Crippen LogP contribution in [-0.2, 0) is 4.79 Å². The first-order valence-corrected chi connectivity index (χ1v) is 8.16. The van der Waals surface area contributed by atoms with Crippen LogP contribution in [0.3, 0.4) is 0 Å². The van der Waals surface area contributed by atoms with Crippen molar-refractivity contribution in [2.75, 3.05) is 5.32 Å². The largest absolute Gasteiger partial charge is 0.481 e. The second kappa shape index (κ2) is 7.23. The molecule has 3 aromatic carbocycles. The van der Waals surface area contributed by atoms with Crippen molar-refractivity contribution >= 4 is 28.1 Å². The van der Waals surface area contributed by atoms with Crippen LogP contribution >= 0.6 is 0 Å². The summed E-state index contributed by atoms with van der Waals surface area (Å²) in [5, 5.41) is 15.8. The normalized spacial score (nSPS) is 11.8. The number of benzene rings is 3. The Balaban J connectivity index is 1.73. The summed E-state index contributed by atoms with van der Waals surface area (Å²) >= 11 is 0. The van der Waals surface area contributed by atoms with E-state index >= 15 is 0 Å². The summed E-state index contributed by atoms with van der Waals surface area (Å²) in [5.41, 5.74) is 0.771. The summed E-state index contributed by atoms with van der Waals surface area (Å²) in [6.07, 6.45) is -0.755. The summed E-state index contributed by atoms with van der Waals surface area (Å²) in [6, 6.07) is 18.0. The minimum atomic E-state index is -0.755. The second-order valence-corrected chi connectivity index (χ2v) is 5.97. The summed E-state index contributed by atoms with van der Waals surface area (Å²) < 4.78 is 5.73. The molecule has 0 fully saturated rings. The lowest BCUT2D eigenvalue weighted by Gasteiger charge is -2.16. The molecule has 0 saturated heterocycles. The number of nitro benzene ring substituents is 1. The lowest BCUT2D eigenvalue weighted by Crippen LogP contribution is -2.30. The van der Waals surface area contributed by atoms with Crippen molar-refractivity contribution in [2.45, 2.75) is 20.0 Å². The molecule has 0 aliphatic heterocycles. The Hall–Kier alpha value is -3.41. The van der Waals surface area contributed by atoms with Crippen molar-refractivity contribution in [3.8, 4) is 5.75 Å². The molecular formula is C20H18N2O4. The molecular weight excluding hydrogens is 332 g/mol. The van der Waals surface area contributed by atoms with Crippen molar-refractivity contribution < 1.29 is 14.5 Å². The molecule has 0 aliphatic carbocycles. The van der Waals surface area contributed by atoms with Crippen LogP contribution in [-0.4, -0.2) is 16.9 Å². The summed E-state index contributed by atoms with van der Waals surface area (Å²) in [7, 11) is 0. The highest BCUT2D eigenvalue weighted by Gasteiger charge is 2.19. The van der Waals surface area contributed by atoms with Gasteiger partial charge < -0.3 is 10.1 Å². The maximum atomic E-state index is 12.4. The van der Waals surface area contributed by atoms with E-state index < -0.39 is 11.0 Å². The monoisotopic (exact) mass is 350 g/mol. The Morgan fingerprint density at radius 2 is 1.81 bits per heavy atom. The molecule has 1 atom stereocenters. The number of hydrogen-bond acceptors (Lipinski definition) is 4. The van der Waals surface area contributed by atoms with Gasteiger partial charge in [-0.15, -0.1) is 0 Å². The Morgan fingerprint density at radius 1 is 1.08 bits per heavy atom. The standard InChI is InChI=1S/C20H18N2O4/c1-13-18(8-5-9-19(13)22(24)25)21-20(23)14(2)26-17-11-10-15-6-3-4-7-16(15)12-17/h3-12,14H,1-2H3,(H,21,23). The van der Waals surface area contributed by atoms with E-state index in [2.05, 4.69) is 5.32 Å². The Kier molecular flexibility index (Phi) is 4.84. The number of anilines is 1. The molecule has 0 bridgehead atoms. The number of carbonyl (C=O) groups is 1. The fourth-order valence-electron chi connectivity index (χ4n) is 2.69. The van der Waals surface area contributed by atoms with Gasteiger partial charge in [-0.2, -0.15) is 0 Å². The van der Waals surface area contributed by atoms with Crippen LogP contribution in [0.25, 0.3) is 10.8 Å². The van der Waals surface area contributed by atoms with E-state index in [4.69, 9.17) is 4.74 Å². The highest BCUT2D eigenvalue weighted by Crippen LogP contribution is 2.26. The third-order valence-corrected chi connectivity index (χ3v) is 4.16. The van der Waals surface area contributed by atoms with Gasteiger partial charge in [0.25, 0.3) is 11.6 Å². The van der Waals surface area contributed by atoms with Gasteiger partial charge in [0.15, 0.2) is 6.10 Å². The molecule has 0 radical (unpaired) electrons. The first-order valence-electron chi connectivity index (χ1n) is 8.16. The van der Waals surface area contributed by atoms with Gasteiger partial charge in [-0.05, 0) is 42.8 Å². The molecule has 6 heteroatoms. The molecule has 3 rings (SSSR count). The van der Waals surface area contributed by atoms with Gasteiger partial charge in [0.2, 0.25) is 0 Å². The van der Waals surface area contributed by atoms with E-state index in [0.29, 0.717) is 17.0 Å². The van der Waals surface area contributed by atoms with E-state index in [0.717, 1.165) is 10.8 Å². The lowest BCUT2D eigenvalue weighted by atomic mass is 10.1. The highest BCUT2D eigenvalue weighted by molar-refractivity contribution is 5.95. The van der Waals surface area contributed by atoms with Gasteiger partial charge in [0.1, 0.15) is 5.75 Å². The van der Waals surface area contributed by atoms with E-state index in [1.165, 1.54) is 12.1 Å². The number of hydrogen-bond donors (Lipinski definition) is 1. The third kappa shape index (κ3) is 3.64. The van der Waals surface area contributed by atoms with E-state index in [1.807, 2.05) is 42.5 Å². The van der Waals surface area contributed by atoms with Crippen LogP contribution in [0.2, 0.25) is 0 Å². The van der Waals surface area contributed by atoms with Gasteiger partial charge in [-0.1, -0.05) is 36.4 Å². The van der Waals surface area contributed by atoms with E-state index in [-0.39, 0.29) is 11.6 Å². The molecule has 0 heterocycles. The van der Waals surface area contributed by atoms with Gasteiger partial charge in [0.05, 0.1) is 16.2 Å². The van der Waals surface area contributed by atoms with Crippen molar-refractivity contribution in [3.63, 3.8) is 0 Å². The topological polar surface area (TPSA) is 81.5 Å². The van der Waals surface area contributed by atoms with Gasteiger partial charge in [-0.25, -0.2) is 0 Å². The van der Waals surface area contributed by atoms with Crippen molar-refractivity contribution in [2.24, 2.45) is 0 Å². The van der Waals surface area contributed by atoms with Crippen molar-refractivity contribution in [3.05, 3.63) is 76.3 Å². The van der Waals surface area contributed by atoms with Gasteiger partial charge in [-0.3, -0.25) is 14.9 Å². The molecule has 0 saturated carbocycles. The quantitative estimate of drug-likeness (QED) is 0.544. The molecule has 0 aliphatic rings. The Bertz CT molecular complexity index is 984. The molecule has 1 N–H and O–H groups in total. The van der Waals surface area contributed by atoms with Crippen LogP contribution in [0.1, 0.15) is 12.5 Å². The molecule has 26 heavy (non-hydrogen) atoms. The SMILES string of the molecule is Cc1c(NC(=O)C(C)Oc2ccc3ccccc3c2)cccc1[N+](=O)[O-]. The minimum absolute atomic E-state index is 0.0362. The zero-order valence-corrected chi connectivity index (χ0v) is 14.4. The van der Waals surface area contributed by atoms with Crippen LogP contribution in [0.15, 0.2) is 60.7 Å². The molecule has 132 valence electrons. The first kappa shape index (κ1) is 17.4. The third-order valence-electron chi connectivity index (χ3n) is 4.16. The predicted octanol–water partition coefficient (Wildman–Crippen LogP) is 4.46. The lowest BCUT2D eigenvalue weighted by molar-refractivity contribution is -0.385. The maximum Gasteiger partial charge on any atom is 0.274 e. The van der Waals surface area contributed by atoms with Gasteiger partial charge in [0, 0.05) is 6.07 Å². The number of fused-ring (bicyclic) bond motifs is 1. The summed E-state index contributed by atoms with van der Waals surface area (Å²) in [4.78, 5) is 22.9. The number of nitrogens with zero attached hydrogens (tertiary/aromatic N) is 1. The fourth-order valence-corrected chi connectivity index (χ4v) is 2.69. The Morgan fingerprint density at radius 3 is 2.54 bits per heavy atom. The first-order chi connectivity index (χ1) is 12.5. The molecule has 0 spiro atoms. The van der Waals surface area contributed by atoms with Crippen molar-refractivity contribution in [1.82, 2.24) is 0 Å². The minimum Gasteiger partial charge on any atom is -0.481 e. The van der Waals surface area contributed by atoms with E-state index in [1.54, 1.807) is 19.9 Å². The van der Waals surface area contributed by atoms with Crippen molar-refractivity contribution in [1.29, 1.82) is 0 Å².